The van der Waals surface area contributed by atoms with Gasteiger partial charge in [-0.25, -0.2) is 4.39 Å². The van der Waals surface area contributed by atoms with Gasteiger partial charge in [0.2, 0.25) is 11.8 Å². The minimum absolute atomic E-state index is 0.0431. The van der Waals surface area contributed by atoms with Crippen LogP contribution in [0.15, 0.2) is 24.3 Å². The van der Waals surface area contributed by atoms with Crippen molar-refractivity contribution in [2.75, 3.05) is 19.6 Å². The normalized spacial score (nSPS) is 18.1. The summed E-state index contributed by atoms with van der Waals surface area (Å²) in [5, 5.41) is 2.88. The van der Waals surface area contributed by atoms with Gasteiger partial charge in [0.15, 0.2) is 0 Å². The maximum atomic E-state index is 12.8. The van der Waals surface area contributed by atoms with Crippen LogP contribution in [0.25, 0.3) is 0 Å². The highest BCUT2D eigenvalue weighted by molar-refractivity contribution is 5.89. The van der Waals surface area contributed by atoms with Crippen LogP contribution in [0.1, 0.15) is 25.3 Å². The van der Waals surface area contributed by atoms with E-state index in [2.05, 4.69) is 5.32 Å². The van der Waals surface area contributed by atoms with Gasteiger partial charge in [-0.2, -0.15) is 0 Å². The van der Waals surface area contributed by atoms with Crippen molar-refractivity contribution in [1.82, 2.24) is 10.2 Å². The first kappa shape index (κ1) is 15.5. The smallest absolute Gasteiger partial charge is 0.225 e. The topological polar surface area (TPSA) is 49.4 Å². The lowest BCUT2D eigenvalue weighted by molar-refractivity contribution is -0.128. The zero-order chi connectivity index (χ0) is 15.2. The maximum absolute atomic E-state index is 12.8. The molecular weight excluding hydrogens is 271 g/mol. The highest BCUT2D eigenvalue weighted by Gasteiger charge is 2.32. The minimum atomic E-state index is -0.238. The summed E-state index contributed by atoms with van der Waals surface area (Å²) in [5.41, 5.74) is 1.05. The molecule has 0 unspecified atom stereocenters. The molecule has 5 heteroatoms. The summed E-state index contributed by atoms with van der Waals surface area (Å²) in [7, 11) is 0. The number of nitrogens with zero attached hydrogens (tertiary/aromatic N) is 1. The zero-order valence-electron chi connectivity index (χ0n) is 12.3. The first-order valence-electron chi connectivity index (χ1n) is 7.40. The first-order chi connectivity index (χ1) is 10.1. The molecule has 1 saturated heterocycles. The van der Waals surface area contributed by atoms with Crippen molar-refractivity contribution in [3.05, 3.63) is 35.6 Å². The Hall–Kier alpha value is -1.91. The van der Waals surface area contributed by atoms with E-state index in [1.807, 2.05) is 6.92 Å². The third-order valence-electron chi connectivity index (χ3n) is 3.82. The van der Waals surface area contributed by atoms with Crippen molar-refractivity contribution in [3.8, 4) is 0 Å². The fourth-order valence-electron chi connectivity index (χ4n) is 2.55. The predicted molar refractivity (Wildman–Crippen MR) is 78.1 cm³/mol. The van der Waals surface area contributed by atoms with E-state index in [0.29, 0.717) is 26.1 Å². The van der Waals surface area contributed by atoms with Gasteiger partial charge in [-0.1, -0.05) is 12.1 Å². The minimum Gasteiger partial charge on any atom is -0.356 e. The van der Waals surface area contributed by atoms with Gasteiger partial charge in [-0.05, 0) is 37.5 Å². The van der Waals surface area contributed by atoms with E-state index >= 15 is 0 Å². The fraction of sp³-hybridized carbons (Fsp3) is 0.500. The molecule has 1 aliphatic heterocycles. The van der Waals surface area contributed by atoms with Crippen molar-refractivity contribution in [2.45, 2.75) is 26.2 Å². The summed E-state index contributed by atoms with van der Waals surface area (Å²) in [6.07, 6.45) is 1.92. The zero-order valence-corrected chi connectivity index (χ0v) is 12.3. The summed E-state index contributed by atoms with van der Waals surface area (Å²) in [6.45, 7) is 3.68. The van der Waals surface area contributed by atoms with Crippen molar-refractivity contribution in [3.63, 3.8) is 0 Å². The summed E-state index contributed by atoms with van der Waals surface area (Å²) >= 11 is 0. The van der Waals surface area contributed by atoms with Crippen LogP contribution in [0, 0.1) is 11.7 Å². The molecule has 2 amide bonds. The second-order valence-electron chi connectivity index (χ2n) is 5.35. The van der Waals surface area contributed by atoms with Crippen LogP contribution in [0.2, 0.25) is 0 Å². The maximum Gasteiger partial charge on any atom is 0.225 e. The van der Waals surface area contributed by atoms with E-state index in [4.69, 9.17) is 0 Å². The Labute approximate surface area is 124 Å². The number of nitrogens with one attached hydrogen (secondary N) is 1. The van der Waals surface area contributed by atoms with Crippen LogP contribution in [0.5, 0.6) is 0 Å². The lowest BCUT2D eigenvalue weighted by Crippen LogP contribution is -2.33. The molecule has 1 heterocycles. The Kier molecular flexibility index (Phi) is 5.31. The van der Waals surface area contributed by atoms with Gasteiger partial charge in [0.05, 0.1) is 5.92 Å². The molecule has 0 radical (unpaired) electrons. The molecule has 114 valence electrons. The van der Waals surface area contributed by atoms with Gasteiger partial charge >= 0.3 is 0 Å². The van der Waals surface area contributed by atoms with Crippen molar-refractivity contribution >= 4 is 11.8 Å². The number of halogens is 1. The van der Waals surface area contributed by atoms with Gasteiger partial charge in [-0.15, -0.1) is 0 Å². The lowest BCUT2D eigenvalue weighted by atomic mass is 10.1. The molecular formula is C16H21FN2O2. The van der Waals surface area contributed by atoms with E-state index in [1.54, 1.807) is 17.0 Å². The van der Waals surface area contributed by atoms with Crippen LogP contribution < -0.4 is 5.32 Å². The number of likely N-dealkylation sites (tertiary alicyclic amines) is 1. The van der Waals surface area contributed by atoms with Gasteiger partial charge in [-0.3, -0.25) is 9.59 Å². The number of carbonyl (C=O) groups excluding carboxylic acids is 2. The van der Waals surface area contributed by atoms with E-state index < -0.39 is 0 Å². The molecule has 2 rings (SSSR count). The Morgan fingerprint density at radius 1 is 1.38 bits per heavy atom. The van der Waals surface area contributed by atoms with Crippen molar-refractivity contribution in [1.29, 1.82) is 0 Å². The van der Waals surface area contributed by atoms with Crippen molar-refractivity contribution < 1.29 is 14.0 Å². The fourth-order valence-corrected chi connectivity index (χ4v) is 2.55. The molecule has 1 aliphatic rings. The third-order valence-corrected chi connectivity index (χ3v) is 3.82. The number of aryl methyl sites for hydroxylation is 1. The largest absolute Gasteiger partial charge is 0.356 e. The van der Waals surface area contributed by atoms with E-state index in [0.717, 1.165) is 18.4 Å². The monoisotopic (exact) mass is 292 g/mol. The molecule has 0 bridgehead atoms. The Balaban J connectivity index is 1.68. The molecule has 0 saturated carbocycles. The molecule has 0 spiro atoms. The third kappa shape index (κ3) is 4.28. The van der Waals surface area contributed by atoms with Crippen LogP contribution >= 0.6 is 0 Å². The lowest BCUT2D eigenvalue weighted by Gasteiger charge is -2.13. The summed E-state index contributed by atoms with van der Waals surface area (Å²) in [6, 6.07) is 6.40. The SMILES string of the molecule is CCN1C[C@H](C(=O)NCCCc2ccc(F)cc2)CC1=O. The Morgan fingerprint density at radius 3 is 2.71 bits per heavy atom. The van der Waals surface area contributed by atoms with Gasteiger partial charge in [0.25, 0.3) is 0 Å². The van der Waals surface area contributed by atoms with Crippen LogP contribution in [-0.4, -0.2) is 36.3 Å². The molecule has 1 aromatic rings. The standard InChI is InChI=1S/C16H21FN2O2/c1-2-19-11-13(10-15(19)20)16(21)18-9-3-4-12-5-7-14(17)8-6-12/h5-8,13H,2-4,9-11H2,1H3,(H,18,21)/t13-/m1/s1. The Bertz CT molecular complexity index is 502. The molecule has 1 fully saturated rings. The summed E-state index contributed by atoms with van der Waals surface area (Å²) in [4.78, 5) is 25.3. The highest BCUT2D eigenvalue weighted by Crippen LogP contribution is 2.17. The van der Waals surface area contributed by atoms with Crippen LogP contribution in [0.4, 0.5) is 4.39 Å². The van der Waals surface area contributed by atoms with E-state index in [-0.39, 0.29) is 23.5 Å². The second kappa shape index (κ2) is 7.20. The van der Waals surface area contributed by atoms with Crippen LogP contribution in [0.3, 0.4) is 0 Å². The summed E-state index contributed by atoms with van der Waals surface area (Å²) < 4.78 is 12.8. The number of benzene rings is 1. The first-order valence-corrected chi connectivity index (χ1v) is 7.40. The molecule has 0 aliphatic carbocycles. The predicted octanol–water partition coefficient (Wildman–Crippen LogP) is 1.74. The van der Waals surface area contributed by atoms with Crippen molar-refractivity contribution in [2.24, 2.45) is 5.92 Å². The van der Waals surface area contributed by atoms with Gasteiger partial charge in [0, 0.05) is 26.1 Å². The summed E-state index contributed by atoms with van der Waals surface area (Å²) in [5.74, 6) is -0.441. The number of hydrogen-bond acceptors (Lipinski definition) is 2. The average molecular weight is 292 g/mol. The molecule has 0 aromatic heterocycles. The van der Waals surface area contributed by atoms with E-state index in [9.17, 15) is 14.0 Å². The Morgan fingerprint density at radius 2 is 2.10 bits per heavy atom. The number of hydrogen-bond donors (Lipinski definition) is 1. The highest BCUT2D eigenvalue weighted by atomic mass is 19.1. The number of rotatable bonds is 6. The second-order valence-corrected chi connectivity index (χ2v) is 5.35. The average Bonchev–Trinajstić information content (AvgIpc) is 2.86. The molecule has 1 aromatic carbocycles. The van der Waals surface area contributed by atoms with Gasteiger partial charge in [0.1, 0.15) is 5.82 Å². The molecule has 4 nitrogen and oxygen atoms in total. The van der Waals surface area contributed by atoms with E-state index in [1.165, 1.54) is 12.1 Å². The molecule has 1 atom stereocenters. The number of amides is 2. The number of carbonyl (C=O) groups is 2. The quantitative estimate of drug-likeness (QED) is 0.812. The van der Waals surface area contributed by atoms with Crippen LogP contribution in [-0.2, 0) is 16.0 Å². The van der Waals surface area contributed by atoms with Gasteiger partial charge < -0.3 is 10.2 Å². The molecule has 21 heavy (non-hydrogen) atoms. The molecule has 1 N–H and O–H groups in total.